The molecule has 0 aromatic carbocycles. The maximum atomic E-state index is 3.72. The summed E-state index contributed by atoms with van der Waals surface area (Å²) in [7, 11) is 0. The van der Waals surface area contributed by atoms with Crippen molar-refractivity contribution in [3.8, 4) is 0 Å². The molecule has 0 aromatic heterocycles. The molecule has 2 heteroatoms. The summed E-state index contributed by atoms with van der Waals surface area (Å²) in [5, 5.41) is 3.72. The van der Waals surface area contributed by atoms with E-state index in [0.717, 1.165) is 18.5 Å². The van der Waals surface area contributed by atoms with E-state index in [1.807, 2.05) is 6.92 Å². The molecule has 0 heterocycles. The fraction of sp³-hybridized carbons (Fsp3) is 0.462. The highest BCUT2D eigenvalue weighted by molar-refractivity contribution is 5.25. The molecule has 0 saturated carbocycles. The van der Waals surface area contributed by atoms with E-state index >= 15 is 0 Å². The topological polar surface area (TPSA) is 24.4 Å². The Balaban J connectivity index is 4.44. The zero-order chi connectivity index (χ0) is 11.7. The first kappa shape index (κ1) is 13.7. The second-order valence-corrected chi connectivity index (χ2v) is 3.52. The number of rotatable bonds is 6. The average Bonchev–Trinajstić information content (AvgIpc) is 2.26. The Bertz CT molecular complexity index is 283. The van der Waals surface area contributed by atoms with Gasteiger partial charge in [0.25, 0.3) is 0 Å². The summed E-state index contributed by atoms with van der Waals surface area (Å²) in [6.45, 7) is 11.8. The van der Waals surface area contributed by atoms with E-state index in [1.165, 1.54) is 11.1 Å². The Morgan fingerprint density at radius 3 is 2.53 bits per heavy atom. The van der Waals surface area contributed by atoms with Crippen molar-refractivity contribution in [2.24, 2.45) is 5.10 Å². The van der Waals surface area contributed by atoms with Crippen LogP contribution in [0.1, 0.15) is 40.5 Å². The van der Waals surface area contributed by atoms with Crippen molar-refractivity contribution in [1.29, 1.82) is 0 Å². The molecule has 0 bridgehead atoms. The van der Waals surface area contributed by atoms with Gasteiger partial charge in [0.1, 0.15) is 0 Å². The summed E-state index contributed by atoms with van der Waals surface area (Å²) in [4.78, 5) is 0. The minimum Gasteiger partial charge on any atom is -0.283 e. The minimum atomic E-state index is 0.879. The van der Waals surface area contributed by atoms with Gasteiger partial charge in [-0.15, -0.1) is 0 Å². The van der Waals surface area contributed by atoms with Crippen molar-refractivity contribution < 1.29 is 0 Å². The van der Waals surface area contributed by atoms with E-state index in [9.17, 15) is 0 Å². The van der Waals surface area contributed by atoms with E-state index in [1.54, 1.807) is 0 Å². The summed E-state index contributed by atoms with van der Waals surface area (Å²) >= 11 is 0. The lowest BCUT2D eigenvalue weighted by atomic mass is 10.1. The fourth-order valence-corrected chi connectivity index (χ4v) is 1.08. The molecule has 0 aliphatic carbocycles. The molecule has 15 heavy (non-hydrogen) atoms. The number of hydrogen-bond acceptors (Lipinski definition) is 2. The third-order valence-corrected chi connectivity index (χ3v) is 2.42. The van der Waals surface area contributed by atoms with Gasteiger partial charge in [-0.1, -0.05) is 36.3 Å². The van der Waals surface area contributed by atoms with Crippen LogP contribution in [0, 0.1) is 0 Å². The van der Waals surface area contributed by atoms with Gasteiger partial charge in [-0.05, 0) is 27.2 Å². The first-order chi connectivity index (χ1) is 7.15. The molecular formula is C13H22N2. The molecule has 0 aliphatic rings. The molecule has 0 aromatic rings. The molecule has 0 radical (unpaired) electrons. The summed E-state index contributed by atoms with van der Waals surface area (Å²) < 4.78 is 0. The third-order valence-electron chi connectivity index (χ3n) is 2.42. The molecule has 2 nitrogen and oxygen atoms in total. The molecule has 0 rings (SSSR count). The normalized spacial score (nSPS) is 14.0. The third kappa shape index (κ3) is 5.89. The number of hydrazone groups is 1. The zero-order valence-electron chi connectivity index (χ0n) is 10.3. The van der Waals surface area contributed by atoms with E-state index in [0.29, 0.717) is 0 Å². The molecule has 0 amide bonds. The first-order valence-electron chi connectivity index (χ1n) is 5.35. The standard InChI is InChI=1S/C13H22N2/c1-6-11(3)9-8-10-13(15-14-5)12(4)7-2/h6,8-9,15H,5,7,10H2,1-4H3/b9-8-,11-6-,13-12-. The molecule has 0 spiro atoms. The molecule has 0 saturated heterocycles. The summed E-state index contributed by atoms with van der Waals surface area (Å²) in [5.74, 6) is 0. The van der Waals surface area contributed by atoms with Crippen LogP contribution in [0.3, 0.4) is 0 Å². The van der Waals surface area contributed by atoms with Crippen molar-refractivity contribution in [2.45, 2.75) is 40.5 Å². The smallest absolute Gasteiger partial charge is 0.0362 e. The van der Waals surface area contributed by atoms with Gasteiger partial charge in [0, 0.05) is 18.8 Å². The molecule has 0 fully saturated rings. The van der Waals surface area contributed by atoms with Gasteiger partial charge in [0.15, 0.2) is 0 Å². The lowest BCUT2D eigenvalue weighted by Crippen LogP contribution is -2.06. The SMILES string of the molecule is C=NN/C(C/C=C\C(C)=C/C)=C(/C)CC. The van der Waals surface area contributed by atoms with Crippen LogP contribution in [0.25, 0.3) is 0 Å². The van der Waals surface area contributed by atoms with Crippen LogP contribution in [0.2, 0.25) is 0 Å². The lowest BCUT2D eigenvalue weighted by molar-refractivity contribution is 0.824. The molecule has 0 unspecified atom stereocenters. The predicted octanol–water partition coefficient (Wildman–Crippen LogP) is 3.79. The van der Waals surface area contributed by atoms with E-state index in [4.69, 9.17) is 0 Å². The van der Waals surface area contributed by atoms with Crippen molar-refractivity contribution >= 4 is 6.72 Å². The minimum absolute atomic E-state index is 0.879. The highest BCUT2D eigenvalue weighted by atomic mass is 15.3. The van der Waals surface area contributed by atoms with Crippen molar-refractivity contribution in [3.05, 3.63) is 35.1 Å². The number of nitrogens with one attached hydrogen (secondary N) is 1. The molecular weight excluding hydrogens is 184 g/mol. The van der Waals surface area contributed by atoms with Crippen LogP contribution >= 0.6 is 0 Å². The molecule has 1 N–H and O–H groups in total. The summed E-state index contributed by atoms with van der Waals surface area (Å²) in [5.41, 5.74) is 6.69. The Labute approximate surface area is 93.5 Å². The van der Waals surface area contributed by atoms with Crippen molar-refractivity contribution in [2.75, 3.05) is 0 Å². The van der Waals surface area contributed by atoms with Crippen LogP contribution in [0.4, 0.5) is 0 Å². The van der Waals surface area contributed by atoms with Gasteiger partial charge in [-0.3, -0.25) is 5.43 Å². The van der Waals surface area contributed by atoms with Crippen LogP contribution in [0.5, 0.6) is 0 Å². The Hall–Kier alpha value is -1.31. The van der Waals surface area contributed by atoms with Gasteiger partial charge in [0.05, 0.1) is 0 Å². The van der Waals surface area contributed by atoms with Gasteiger partial charge in [-0.25, -0.2) is 0 Å². The van der Waals surface area contributed by atoms with Crippen LogP contribution in [0.15, 0.2) is 40.2 Å². The number of nitrogens with zero attached hydrogens (tertiary/aromatic N) is 1. The highest BCUT2D eigenvalue weighted by Crippen LogP contribution is 2.10. The summed E-state index contributed by atoms with van der Waals surface area (Å²) in [6, 6.07) is 0. The van der Waals surface area contributed by atoms with Crippen LogP contribution in [-0.2, 0) is 0 Å². The second-order valence-electron chi connectivity index (χ2n) is 3.52. The quantitative estimate of drug-likeness (QED) is 0.399. The Kier molecular flexibility index (Phi) is 7.33. The maximum absolute atomic E-state index is 3.72. The van der Waals surface area contributed by atoms with Crippen molar-refractivity contribution in [3.63, 3.8) is 0 Å². The molecule has 0 atom stereocenters. The Morgan fingerprint density at radius 1 is 1.40 bits per heavy atom. The van der Waals surface area contributed by atoms with Gasteiger partial charge in [-0.2, -0.15) is 5.10 Å². The molecule has 0 aliphatic heterocycles. The average molecular weight is 206 g/mol. The lowest BCUT2D eigenvalue weighted by Gasteiger charge is -2.07. The van der Waals surface area contributed by atoms with Crippen LogP contribution < -0.4 is 5.43 Å². The predicted molar refractivity (Wildman–Crippen MR) is 68.9 cm³/mol. The van der Waals surface area contributed by atoms with Crippen LogP contribution in [-0.4, -0.2) is 6.72 Å². The highest BCUT2D eigenvalue weighted by Gasteiger charge is 1.97. The van der Waals surface area contributed by atoms with E-state index < -0.39 is 0 Å². The largest absolute Gasteiger partial charge is 0.283 e. The van der Waals surface area contributed by atoms with Gasteiger partial charge >= 0.3 is 0 Å². The first-order valence-corrected chi connectivity index (χ1v) is 5.35. The van der Waals surface area contributed by atoms with Crippen molar-refractivity contribution in [1.82, 2.24) is 5.43 Å². The van der Waals surface area contributed by atoms with E-state index in [2.05, 4.69) is 56.2 Å². The Morgan fingerprint density at radius 2 is 2.07 bits per heavy atom. The monoisotopic (exact) mass is 206 g/mol. The second kappa shape index (κ2) is 8.04. The zero-order valence-corrected chi connectivity index (χ0v) is 10.3. The summed E-state index contributed by atoms with van der Waals surface area (Å²) in [6.07, 6.45) is 8.26. The number of hydrogen-bond donors (Lipinski definition) is 1. The number of allylic oxidation sites excluding steroid dienone is 5. The maximum Gasteiger partial charge on any atom is 0.0362 e. The fourth-order valence-electron chi connectivity index (χ4n) is 1.08. The van der Waals surface area contributed by atoms with Gasteiger partial charge in [0.2, 0.25) is 0 Å². The van der Waals surface area contributed by atoms with E-state index in [-0.39, 0.29) is 0 Å². The molecule has 84 valence electrons. The van der Waals surface area contributed by atoms with Gasteiger partial charge < -0.3 is 0 Å².